The number of nitrogens with one attached hydrogen (secondary N) is 1. The van der Waals surface area contributed by atoms with E-state index in [4.69, 9.17) is 11.1 Å². The molecule has 8 heteroatoms. The third kappa shape index (κ3) is 2.70. The van der Waals surface area contributed by atoms with Crippen LogP contribution in [0.2, 0.25) is 0 Å². The van der Waals surface area contributed by atoms with Crippen molar-refractivity contribution in [1.29, 1.82) is 5.41 Å². The average Bonchev–Trinajstić information content (AvgIpc) is 2.99. The van der Waals surface area contributed by atoms with Crippen LogP contribution in [-0.4, -0.2) is 40.7 Å². The van der Waals surface area contributed by atoms with Crippen molar-refractivity contribution in [3.63, 3.8) is 0 Å². The fourth-order valence-electron chi connectivity index (χ4n) is 1.73. The highest BCUT2D eigenvalue weighted by Gasteiger charge is 2.38. The lowest BCUT2D eigenvalue weighted by Crippen LogP contribution is -2.36. The van der Waals surface area contributed by atoms with E-state index in [1.165, 1.54) is 16.8 Å². The zero-order chi connectivity index (χ0) is 13.3. The van der Waals surface area contributed by atoms with E-state index in [-0.39, 0.29) is 29.9 Å². The molecule has 0 aliphatic heterocycles. The SMILES string of the molecule is Cn1cnc(S(=O)(=O)N(CCC(=N)N)C2CC2)c1. The third-order valence-electron chi connectivity index (χ3n) is 2.81. The summed E-state index contributed by atoms with van der Waals surface area (Å²) in [6.45, 7) is 0.249. The predicted molar refractivity (Wildman–Crippen MR) is 66.7 cm³/mol. The van der Waals surface area contributed by atoms with Gasteiger partial charge in [-0.15, -0.1) is 0 Å². The Hall–Kier alpha value is -1.41. The lowest BCUT2D eigenvalue weighted by atomic mass is 10.4. The number of nitrogens with zero attached hydrogens (tertiary/aromatic N) is 3. The molecule has 0 radical (unpaired) electrons. The molecule has 18 heavy (non-hydrogen) atoms. The minimum atomic E-state index is -3.56. The van der Waals surface area contributed by atoms with Crippen LogP contribution in [0.25, 0.3) is 0 Å². The molecule has 0 unspecified atom stereocenters. The molecule has 1 aromatic heterocycles. The van der Waals surface area contributed by atoms with Crippen molar-refractivity contribution in [3.05, 3.63) is 12.5 Å². The maximum atomic E-state index is 12.4. The number of rotatable bonds is 6. The van der Waals surface area contributed by atoms with E-state index in [0.29, 0.717) is 0 Å². The van der Waals surface area contributed by atoms with Crippen LogP contribution in [0.1, 0.15) is 19.3 Å². The first-order valence-electron chi connectivity index (χ1n) is 5.74. The molecule has 100 valence electrons. The summed E-state index contributed by atoms with van der Waals surface area (Å²) in [7, 11) is -1.84. The Morgan fingerprint density at radius 1 is 1.67 bits per heavy atom. The fraction of sp³-hybridized carbons (Fsp3) is 0.600. The Labute approximate surface area is 106 Å². The van der Waals surface area contributed by atoms with Gasteiger partial charge in [0.15, 0.2) is 5.03 Å². The van der Waals surface area contributed by atoms with Gasteiger partial charge in [-0.3, -0.25) is 5.41 Å². The van der Waals surface area contributed by atoms with Crippen LogP contribution in [-0.2, 0) is 17.1 Å². The molecule has 1 aliphatic carbocycles. The molecule has 0 atom stereocenters. The van der Waals surface area contributed by atoms with Gasteiger partial charge in [0.25, 0.3) is 10.0 Å². The Morgan fingerprint density at radius 2 is 2.33 bits per heavy atom. The number of hydrogen-bond donors (Lipinski definition) is 2. The van der Waals surface area contributed by atoms with Crippen molar-refractivity contribution in [2.24, 2.45) is 12.8 Å². The maximum Gasteiger partial charge on any atom is 0.262 e. The standard InChI is InChI=1S/C10H17N5O2S/c1-14-6-10(13-7-14)18(16,17)15(8-2-3-8)5-4-9(11)12/h6-8H,2-5H2,1H3,(H3,11,12). The van der Waals surface area contributed by atoms with Gasteiger partial charge in [-0.2, -0.15) is 4.31 Å². The maximum absolute atomic E-state index is 12.4. The van der Waals surface area contributed by atoms with Gasteiger partial charge in [0.05, 0.1) is 12.2 Å². The first-order chi connectivity index (χ1) is 8.41. The molecule has 0 saturated heterocycles. The van der Waals surface area contributed by atoms with Gasteiger partial charge < -0.3 is 10.3 Å². The number of sulfonamides is 1. The second-order valence-electron chi connectivity index (χ2n) is 4.50. The van der Waals surface area contributed by atoms with Crippen molar-refractivity contribution in [1.82, 2.24) is 13.9 Å². The Morgan fingerprint density at radius 3 is 2.78 bits per heavy atom. The number of hydrogen-bond acceptors (Lipinski definition) is 4. The van der Waals surface area contributed by atoms with Crippen LogP contribution in [0.4, 0.5) is 0 Å². The van der Waals surface area contributed by atoms with E-state index < -0.39 is 10.0 Å². The molecule has 0 aromatic carbocycles. The normalized spacial score (nSPS) is 16.1. The van der Waals surface area contributed by atoms with E-state index in [1.54, 1.807) is 11.6 Å². The highest BCUT2D eigenvalue weighted by molar-refractivity contribution is 7.89. The first-order valence-corrected chi connectivity index (χ1v) is 7.18. The molecular weight excluding hydrogens is 254 g/mol. The number of nitrogens with two attached hydrogens (primary N) is 1. The molecule has 1 fully saturated rings. The molecule has 1 heterocycles. The molecule has 0 bridgehead atoms. The second kappa shape index (κ2) is 4.69. The fourth-order valence-corrected chi connectivity index (χ4v) is 3.39. The molecule has 1 aliphatic rings. The molecule has 2 rings (SSSR count). The monoisotopic (exact) mass is 271 g/mol. The van der Waals surface area contributed by atoms with E-state index in [2.05, 4.69) is 4.98 Å². The second-order valence-corrected chi connectivity index (χ2v) is 6.34. The smallest absolute Gasteiger partial charge is 0.262 e. The third-order valence-corrected chi connectivity index (χ3v) is 4.65. The predicted octanol–water partition coefficient (Wildman–Crippen LogP) is -0.101. The van der Waals surface area contributed by atoms with Crippen molar-refractivity contribution in [3.8, 4) is 0 Å². The lowest BCUT2D eigenvalue weighted by Gasteiger charge is -2.20. The zero-order valence-electron chi connectivity index (χ0n) is 10.2. The molecular formula is C10H17N5O2S. The molecule has 1 saturated carbocycles. The first kappa shape index (κ1) is 13.0. The number of imidazole rings is 1. The zero-order valence-corrected chi connectivity index (χ0v) is 11.0. The van der Waals surface area contributed by atoms with E-state index in [0.717, 1.165) is 12.8 Å². The largest absolute Gasteiger partial charge is 0.388 e. The average molecular weight is 271 g/mol. The quantitative estimate of drug-likeness (QED) is 0.556. The van der Waals surface area contributed by atoms with Gasteiger partial charge in [0.1, 0.15) is 0 Å². The van der Waals surface area contributed by atoms with Crippen LogP contribution < -0.4 is 5.73 Å². The van der Waals surface area contributed by atoms with Crippen LogP contribution in [0.15, 0.2) is 17.6 Å². The van der Waals surface area contributed by atoms with E-state index >= 15 is 0 Å². The highest BCUT2D eigenvalue weighted by atomic mass is 32.2. The number of aromatic nitrogens is 2. The summed E-state index contributed by atoms with van der Waals surface area (Å²) in [5, 5.41) is 7.25. The van der Waals surface area contributed by atoms with Gasteiger partial charge in [-0.1, -0.05) is 0 Å². The summed E-state index contributed by atoms with van der Waals surface area (Å²) >= 11 is 0. The Bertz CT molecular complexity index is 546. The van der Waals surface area contributed by atoms with Crippen molar-refractivity contribution >= 4 is 15.9 Å². The molecule has 1 aromatic rings. The van der Waals surface area contributed by atoms with Gasteiger partial charge in [-0.05, 0) is 12.8 Å². The van der Waals surface area contributed by atoms with Crippen molar-refractivity contribution in [2.45, 2.75) is 30.3 Å². The molecule has 0 amide bonds. The molecule has 7 nitrogen and oxygen atoms in total. The topological polar surface area (TPSA) is 105 Å². The van der Waals surface area contributed by atoms with Crippen LogP contribution in [0, 0.1) is 5.41 Å². The van der Waals surface area contributed by atoms with E-state index in [9.17, 15) is 8.42 Å². The summed E-state index contributed by atoms with van der Waals surface area (Å²) in [5.74, 6) is -0.00290. The van der Waals surface area contributed by atoms with Crippen molar-refractivity contribution < 1.29 is 8.42 Å². The molecule has 3 N–H and O–H groups in total. The summed E-state index contributed by atoms with van der Waals surface area (Å²) in [6.07, 6.45) is 4.93. The molecule has 0 spiro atoms. The van der Waals surface area contributed by atoms with Gasteiger partial charge in [0.2, 0.25) is 0 Å². The Kier molecular flexibility index (Phi) is 3.40. The minimum Gasteiger partial charge on any atom is -0.388 e. The van der Waals surface area contributed by atoms with Gasteiger partial charge in [0, 0.05) is 32.3 Å². The summed E-state index contributed by atoms with van der Waals surface area (Å²) < 4.78 is 27.8. The van der Waals surface area contributed by atoms with Crippen molar-refractivity contribution in [2.75, 3.05) is 6.54 Å². The lowest BCUT2D eigenvalue weighted by molar-refractivity contribution is 0.410. The summed E-state index contributed by atoms with van der Waals surface area (Å²) in [6, 6.07) is 0.0383. The van der Waals surface area contributed by atoms with Crippen LogP contribution in [0.5, 0.6) is 0 Å². The van der Waals surface area contributed by atoms with Gasteiger partial charge >= 0.3 is 0 Å². The van der Waals surface area contributed by atoms with Gasteiger partial charge in [-0.25, -0.2) is 13.4 Å². The summed E-state index contributed by atoms with van der Waals surface area (Å²) in [4.78, 5) is 3.89. The minimum absolute atomic E-state index is 0.00290. The van der Waals surface area contributed by atoms with Crippen LogP contribution in [0.3, 0.4) is 0 Å². The van der Waals surface area contributed by atoms with Crippen LogP contribution >= 0.6 is 0 Å². The number of amidine groups is 1. The Balaban J connectivity index is 2.21. The highest BCUT2D eigenvalue weighted by Crippen LogP contribution is 2.31. The summed E-state index contributed by atoms with van der Waals surface area (Å²) in [5.41, 5.74) is 5.29. The van der Waals surface area contributed by atoms with E-state index in [1.807, 2.05) is 0 Å². The number of aryl methyl sites for hydroxylation is 1.